The topological polar surface area (TPSA) is 12.5 Å². The molecule has 0 atom stereocenters. The lowest BCUT2D eigenvalue weighted by atomic mass is 9.93. The van der Waals surface area contributed by atoms with E-state index in [0.29, 0.717) is 11.6 Å². The molecule has 76 valence electrons. The van der Waals surface area contributed by atoms with Crippen LogP contribution in [0.15, 0.2) is 0 Å². The van der Waals surface area contributed by atoms with E-state index < -0.39 is 0 Å². The normalized spacial score (nSPS) is 26.1. The van der Waals surface area contributed by atoms with Gasteiger partial charge in [0.15, 0.2) is 0 Å². The Bertz CT molecular complexity index is 175. The highest BCUT2D eigenvalue weighted by atomic mass is 16.5. The minimum atomic E-state index is 0.357. The summed E-state index contributed by atoms with van der Waals surface area (Å²) in [6.45, 7) is 10.3. The molecule has 0 spiro atoms. The Morgan fingerprint density at radius 3 is 2.31 bits per heavy atom. The number of ether oxygens (including phenoxy) is 1. The molecule has 0 aromatic rings. The highest BCUT2D eigenvalue weighted by molar-refractivity contribution is 4.89. The van der Waals surface area contributed by atoms with Gasteiger partial charge in [0.25, 0.3) is 0 Å². The summed E-state index contributed by atoms with van der Waals surface area (Å²) in [5.41, 5.74) is 0.357. The van der Waals surface area contributed by atoms with Crippen LogP contribution in [0.4, 0.5) is 0 Å². The molecule has 0 aromatic heterocycles. The van der Waals surface area contributed by atoms with Gasteiger partial charge in [-0.05, 0) is 33.6 Å². The van der Waals surface area contributed by atoms with Crippen LogP contribution in [-0.4, -0.2) is 36.2 Å². The second kappa shape index (κ2) is 3.25. The monoisotopic (exact) mass is 183 g/mol. The molecule has 2 nitrogen and oxygen atoms in total. The van der Waals surface area contributed by atoms with Gasteiger partial charge in [0.2, 0.25) is 0 Å². The lowest BCUT2D eigenvalue weighted by Crippen LogP contribution is -2.57. The Balaban J connectivity index is 1.60. The first-order valence-corrected chi connectivity index (χ1v) is 5.42. The fourth-order valence-electron chi connectivity index (χ4n) is 1.73. The van der Waals surface area contributed by atoms with Crippen molar-refractivity contribution in [3.8, 4) is 0 Å². The Morgan fingerprint density at radius 1 is 1.23 bits per heavy atom. The molecule has 0 unspecified atom stereocenters. The van der Waals surface area contributed by atoms with Gasteiger partial charge in [0, 0.05) is 24.5 Å². The minimum absolute atomic E-state index is 0.357. The predicted molar refractivity (Wildman–Crippen MR) is 53.8 cm³/mol. The molecule has 0 amide bonds. The van der Waals surface area contributed by atoms with Gasteiger partial charge < -0.3 is 4.74 Å². The first-order valence-electron chi connectivity index (χ1n) is 5.42. The summed E-state index contributed by atoms with van der Waals surface area (Å²) in [5, 5.41) is 0. The van der Waals surface area contributed by atoms with Gasteiger partial charge in [0.05, 0.1) is 12.7 Å². The van der Waals surface area contributed by atoms with Crippen molar-refractivity contribution >= 4 is 0 Å². The number of likely N-dealkylation sites (tertiary alicyclic amines) is 1. The first kappa shape index (κ1) is 9.47. The molecular weight excluding hydrogens is 162 g/mol. The highest BCUT2D eigenvalue weighted by Gasteiger charge is 2.35. The zero-order chi connectivity index (χ0) is 9.47. The summed E-state index contributed by atoms with van der Waals surface area (Å²) in [6, 6.07) is 0. The molecule has 2 aliphatic rings. The van der Waals surface area contributed by atoms with Crippen LogP contribution in [0.25, 0.3) is 0 Å². The average molecular weight is 183 g/mol. The van der Waals surface area contributed by atoms with Crippen LogP contribution in [0.3, 0.4) is 0 Å². The Hall–Kier alpha value is -0.0800. The zero-order valence-electron chi connectivity index (χ0n) is 9.05. The van der Waals surface area contributed by atoms with Crippen LogP contribution in [0.5, 0.6) is 0 Å². The van der Waals surface area contributed by atoms with E-state index in [1.807, 2.05) is 0 Å². The lowest BCUT2D eigenvalue weighted by Gasteiger charge is -2.47. The van der Waals surface area contributed by atoms with Gasteiger partial charge in [-0.1, -0.05) is 0 Å². The van der Waals surface area contributed by atoms with Crippen molar-refractivity contribution in [2.24, 2.45) is 5.92 Å². The molecule has 13 heavy (non-hydrogen) atoms. The molecule has 1 aliphatic carbocycles. The van der Waals surface area contributed by atoms with Crippen molar-refractivity contribution in [2.45, 2.75) is 45.3 Å². The lowest BCUT2D eigenvalue weighted by molar-refractivity contribution is -0.0345. The summed E-state index contributed by atoms with van der Waals surface area (Å²) in [6.07, 6.45) is 3.23. The quantitative estimate of drug-likeness (QED) is 0.662. The third-order valence-corrected chi connectivity index (χ3v) is 3.00. The minimum Gasteiger partial charge on any atom is -0.378 e. The van der Waals surface area contributed by atoms with Crippen molar-refractivity contribution in [1.82, 2.24) is 4.90 Å². The molecule has 2 rings (SSSR count). The molecule has 1 heterocycles. The van der Waals surface area contributed by atoms with E-state index in [2.05, 4.69) is 25.7 Å². The van der Waals surface area contributed by atoms with E-state index in [0.717, 1.165) is 12.5 Å². The van der Waals surface area contributed by atoms with E-state index in [4.69, 9.17) is 4.74 Å². The number of rotatable bonds is 3. The molecule has 1 saturated heterocycles. The van der Waals surface area contributed by atoms with E-state index in [-0.39, 0.29) is 0 Å². The van der Waals surface area contributed by atoms with Gasteiger partial charge in [0.1, 0.15) is 0 Å². The maximum Gasteiger partial charge on any atom is 0.0577 e. The third kappa shape index (κ3) is 2.44. The van der Waals surface area contributed by atoms with Gasteiger partial charge in [-0.3, -0.25) is 4.90 Å². The summed E-state index contributed by atoms with van der Waals surface area (Å²) in [5.74, 6) is 0.805. The highest BCUT2D eigenvalue weighted by Crippen LogP contribution is 2.28. The number of hydrogen-bond acceptors (Lipinski definition) is 2. The molecule has 0 aromatic carbocycles. The van der Waals surface area contributed by atoms with Crippen molar-refractivity contribution in [3.05, 3.63) is 0 Å². The maximum absolute atomic E-state index is 5.69. The summed E-state index contributed by atoms with van der Waals surface area (Å²) < 4.78 is 5.69. The van der Waals surface area contributed by atoms with Crippen LogP contribution in [0.2, 0.25) is 0 Å². The van der Waals surface area contributed by atoms with Gasteiger partial charge in [-0.15, -0.1) is 0 Å². The third-order valence-electron chi connectivity index (χ3n) is 3.00. The summed E-state index contributed by atoms with van der Waals surface area (Å²) in [7, 11) is 0. The van der Waals surface area contributed by atoms with Gasteiger partial charge in [-0.2, -0.15) is 0 Å². The molecule has 1 aliphatic heterocycles. The Kier molecular flexibility index (Phi) is 2.37. The Labute approximate surface area is 81.3 Å². The summed E-state index contributed by atoms with van der Waals surface area (Å²) in [4.78, 5) is 2.52. The summed E-state index contributed by atoms with van der Waals surface area (Å²) >= 11 is 0. The molecular formula is C11H21NO. The van der Waals surface area contributed by atoms with E-state index >= 15 is 0 Å². The molecule has 2 fully saturated rings. The average Bonchev–Trinajstić information content (AvgIpc) is 2.63. The van der Waals surface area contributed by atoms with Crippen molar-refractivity contribution < 1.29 is 4.74 Å². The van der Waals surface area contributed by atoms with Crippen molar-refractivity contribution in [1.29, 1.82) is 0 Å². The molecule has 1 saturated carbocycles. The standard InChI is InChI=1S/C11H21NO/c1-11(2,3)12-6-9(7-12)8-13-10-4-5-10/h9-10H,4-8H2,1-3H3. The maximum atomic E-state index is 5.69. The van der Waals surface area contributed by atoms with E-state index in [9.17, 15) is 0 Å². The predicted octanol–water partition coefficient (Wildman–Crippen LogP) is 1.90. The Morgan fingerprint density at radius 2 is 1.85 bits per heavy atom. The van der Waals surface area contributed by atoms with Crippen LogP contribution >= 0.6 is 0 Å². The second-order valence-corrected chi connectivity index (χ2v) is 5.47. The van der Waals surface area contributed by atoms with Crippen LogP contribution in [0, 0.1) is 5.92 Å². The molecule has 2 heteroatoms. The fraction of sp³-hybridized carbons (Fsp3) is 1.00. The first-order chi connectivity index (χ1) is 6.05. The number of hydrogen-bond donors (Lipinski definition) is 0. The van der Waals surface area contributed by atoms with Gasteiger partial charge >= 0.3 is 0 Å². The molecule has 0 radical (unpaired) electrons. The van der Waals surface area contributed by atoms with E-state index in [1.54, 1.807) is 0 Å². The fourth-order valence-corrected chi connectivity index (χ4v) is 1.73. The molecule has 0 N–H and O–H groups in total. The molecule has 0 bridgehead atoms. The van der Waals surface area contributed by atoms with Crippen molar-refractivity contribution in [3.63, 3.8) is 0 Å². The second-order valence-electron chi connectivity index (χ2n) is 5.47. The zero-order valence-corrected chi connectivity index (χ0v) is 9.05. The van der Waals surface area contributed by atoms with Crippen LogP contribution in [0.1, 0.15) is 33.6 Å². The van der Waals surface area contributed by atoms with Crippen LogP contribution in [-0.2, 0) is 4.74 Å². The number of nitrogens with zero attached hydrogens (tertiary/aromatic N) is 1. The largest absolute Gasteiger partial charge is 0.378 e. The smallest absolute Gasteiger partial charge is 0.0577 e. The van der Waals surface area contributed by atoms with Crippen LogP contribution < -0.4 is 0 Å². The van der Waals surface area contributed by atoms with E-state index in [1.165, 1.54) is 25.9 Å². The van der Waals surface area contributed by atoms with Gasteiger partial charge in [-0.25, -0.2) is 0 Å². The SMILES string of the molecule is CC(C)(C)N1CC(COC2CC2)C1. The van der Waals surface area contributed by atoms with Crippen molar-refractivity contribution in [2.75, 3.05) is 19.7 Å².